The minimum absolute atomic E-state index is 0.132. The maximum absolute atomic E-state index is 14.0. The van der Waals surface area contributed by atoms with Gasteiger partial charge in [0.05, 0.1) is 33.9 Å². The predicted octanol–water partition coefficient (Wildman–Crippen LogP) is 5.57. The molecule has 0 aromatic heterocycles. The lowest BCUT2D eigenvalue weighted by Gasteiger charge is -2.29. The summed E-state index contributed by atoms with van der Waals surface area (Å²) >= 11 is 3.50. The van der Waals surface area contributed by atoms with E-state index in [9.17, 15) is 19.7 Å². The van der Waals surface area contributed by atoms with Crippen molar-refractivity contribution in [1.29, 1.82) is 0 Å². The average Bonchev–Trinajstić information content (AvgIpc) is 3.44. The van der Waals surface area contributed by atoms with Gasteiger partial charge in [-0.1, -0.05) is 48.5 Å². The van der Waals surface area contributed by atoms with Crippen molar-refractivity contribution in [3.8, 4) is 5.75 Å². The molecule has 10 heteroatoms. The third kappa shape index (κ3) is 3.72. The van der Waals surface area contributed by atoms with Gasteiger partial charge in [-0.2, -0.15) is 0 Å². The average molecular weight is 574 g/mol. The Hall–Kier alpha value is -4.28. The molecule has 2 heterocycles. The minimum atomic E-state index is -1.10. The van der Waals surface area contributed by atoms with Gasteiger partial charge < -0.3 is 4.74 Å². The van der Waals surface area contributed by atoms with Gasteiger partial charge >= 0.3 is 0 Å². The number of amides is 2. The van der Waals surface area contributed by atoms with E-state index in [4.69, 9.17) is 9.57 Å². The van der Waals surface area contributed by atoms with E-state index in [1.54, 1.807) is 43.5 Å². The molecule has 2 amide bonds. The van der Waals surface area contributed by atoms with Gasteiger partial charge in [-0.05, 0) is 51.1 Å². The summed E-state index contributed by atoms with van der Waals surface area (Å²) in [7, 11) is 1.55. The summed E-state index contributed by atoms with van der Waals surface area (Å²) in [5.41, 5.74) is 1.40. The van der Waals surface area contributed by atoms with Crippen LogP contribution in [0, 0.1) is 16.0 Å². The first-order valence-corrected chi connectivity index (χ1v) is 12.6. The summed E-state index contributed by atoms with van der Waals surface area (Å²) < 4.78 is 6.02. The second-order valence-corrected chi connectivity index (χ2v) is 9.86. The summed E-state index contributed by atoms with van der Waals surface area (Å²) in [6, 6.07) is 23.6. The van der Waals surface area contributed by atoms with Crippen molar-refractivity contribution in [2.75, 3.05) is 17.1 Å². The number of benzene rings is 4. The molecule has 0 radical (unpaired) electrons. The van der Waals surface area contributed by atoms with Gasteiger partial charge in [-0.15, -0.1) is 0 Å². The summed E-state index contributed by atoms with van der Waals surface area (Å²) in [5.74, 6) is -1.18. The summed E-state index contributed by atoms with van der Waals surface area (Å²) in [5, 5.41) is 14.6. The minimum Gasteiger partial charge on any atom is -0.496 e. The van der Waals surface area contributed by atoms with Crippen molar-refractivity contribution in [3.63, 3.8) is 0 Å². The van der Waals surface area contributed by atoms with Gasteiger partial charge in [0.15, 0.2) is 6.10 Å². The Morgan fingerprint density at radius 1 is 0.947 bits per heavy atom. The molecule has 2 saturated heterocycles. The van der Waals surface area contributed by atoms with Crippen LogP contribution in [0.1, 0.15) is 11.6 Å². The number of carbonyl (C=O) groups is 2. The monoisotopic (exact) mass is 573 g/mol. The predicted molar refractivity (Wildman–Crippen MR) is 144 cm³/mol. The van der Waals surface area contributed by atoms with Crippen molar-refractivity contribution in [2.24, 2.45) is 5.92 Å². The zero-order valence-electron chi connectivity index (χ0n) is 20.0. The molecular weight excluding hydrogens is 554 g/mol. The molecule has 4 aromatic rings. The van der Waals surface area contributed by atoms with Gasteiger partial charge in [0.1, 0.15) is 11.7 Å². The number of nitro benzene ring substituents is 1. The van der Waals surface area contributed by atoms with Crippen LogP contribution in [-0.4, -0.2) is 30.0 Å². The number of carbonyl (C=O) groups excluding carboxylic acids is 2. The Morgan fingerprint density at radius 2 is 1.71 bits per heavy atom. The first-order valence-electron chi connectivity index (χ1n) is 11.8. The van der Waals surface area contributed by atoms with E-state index in [2.05, 4.69) is 15.9 Å². The normalized spacial score (nSPS) is 20.7. The smallest absolute Gasteiger partial charge is 0.271 e. The van der Waals surface area contributed by atoms with Crippen LogP contribution in [0.5, 0.6) is 5.75 Å². The van der Waals surface area contributed by atoms with E-state index in [0.717, 1.165) is 10.8 Å². The number of methoxy groups -OCH3 is 1. The fourth-order valence-corrected chi connectivity index (χ4v) is 5.79. The standard InChI is InChI=1S/C28H20BrN3O6/c1-37-23-13-12-17(14-21(23)29)25-24-26(38-31(25)18-8-5-9-19(15-18)32(35)36)28(34)30(27(24)33)22-11-4-7-16-6-2-3-10-20(16)22/h2-15,24-26H,1H3/t24-,25-,26-/m1/s1. The second kappa shape index (κ2) is 9.23. The molecule has 4 aromatic carbocycles. The number of hydrogen-bond donors (Lipinski definition) is 0. The van der Waals surface area contributed by atoms with Crippen LogP contribution in [-0.2, 0) is 14.4 Å². The molecule has 190 valence electrons. The lowest BCUT2D eigenvalue weighted by Crippen LogP contribution is -2.37. The third-order valence-electron chi connectivity index (χ3n) is 6.94. The van der Waals surface area contributed by atoms with Gasteiger partial charge in [0.25, 0.3) is 11.6 Å². The Balaban J connectivity index is 1.48. The van der Waals surface area contributed by atoms with Gasteiger partial charge in [-0.3, -0.25) is 24.5 Å². The van der Waals surface area contributed by atoms with E-state index >= 15 is 0 Å². The molecule has 9 nitrogen and oxygen atoms in total. The van der Waals surface area contributed by atoms with Crippen LogP contribution < -0.4 is 14.7 Å². The SMILES string of the molecule is COc1ccc([C@@H]2[C@H]3C(=O)N(c4cccc5ccccc45)C(=O)[C@@H]3ON2c2cccc([N+](=O)[O-])c2)cc1Br. The molecule has 0 bridgehead atoms. The molecule has 0 N–H and O–H groups in total. The van der Waals surface area contributed by atoms with Crippen molar-refractivity contribution in [3.05, 3.63) is 105 Å². The third-order valence-corrected chi connectivity index (χ3v) is 7.56. The van der Waals surface area contributed by atoms with E-state index < -0.39 is 34.8 Å². The van der Waals surface area contributed by atoms with Crippen LogP contribution in [0.15, 0.2) is 89.4 Å². The fourth-order valence-electron chi connectivity index (χ4n) is 5.23. The van der Waals surface area contributed by atoms with Gasteiger partial charge in [0, 0.05) is 17.5 Å². The van der Waals surface area contributed by atoms with Crippen molar-refractivity contribution < 1.29 is 24.1 Å². The number of hydrogen-bond acceptors (Lipinski definition) is 7. The largest absolute Gasteiger partial charge is 0.496 e. The number of ether oxygens (including phenoxy) is 1. The molecule has 2 aliphatic heterocycles. The van der Waals surface area contributed by atoms with Crippen LogP contribution in [0.4, 0.5) is 17.1 Å². The van der Waals surface area contributed by atoms with E-state index in [1.165, 1.54) is 28.2 Å². The first-order chi connectivity index (χ1) is 18.4. The number of non-ortho nitro benzene ring substituents is 1. The van der Waals surface area contributed by atoms with Gasteiger partial charge in [0.2, 0.25) is 5.91 Å². The maximum Gasteiger partial charge on any atom is 0.271 e. The number of hydroxylamine groups is 1. The highest BCUT2D eigenvalue weighted by molar-refractivity contribution is 9.10. The number of nitro groups is 1. The number of imide groups is 1. The molecule has 0 unspecified atom stereocenters. The maximum atomic E-state index is 14.0. The second-order valence-electron chi connectivity index (χ2n) is 9.00. The van der Waals surface area contributed by atoms with Gasteiger partial charge in [-0.25, -0.2) is 9.96 Å². The Kier molecular flexibility index (Phi) is 5.85. The summed E-state index contributed by atoms with van der Waals surface area (Å²) in [6.07, 6.45) is -1.10. The highest BCUT2D eigenvalue weighted by Crippen LogP contribution is 2.49. The number of fused-ring (bicyclic) bond motifs is 2. The molecule has 0 spiro atoms. The number of halogens is 1. The van der Waals surface area contributed by atoms with Crippen LogP contribution in [0.25, 0.3) is 10.8 Å². The topological polar surface area (TPSA) is 102 Å². The van der Waals surface area contributed by atoms with E-state index in [1.807, 2.05) is 30.3 Å². The van der Waals surface area contributed by atoms with Crippen LogP contribution in [0.3, 0.4) is 0 Å². The molecule has 0 saturated carbocycles. The summed E-state index contributed by atoms with van der Waals surface area (Å²) in [4.78, 5) is 46.1. The highest BCUT2D eigenvalue weighted by atomic mass is 79.9. The summed E-state index contributed by atoms with van der Waals surface area (Å²) in [6.45, 7) is 0. The van der Waals surface area contributed by atoms with E-state index in [-0.39, 0.29) is 5.69 Å². The molecule has 6 rings (SSSR count). The van der Waals surface area contributed by atoms with Crippen LogP contribution in [0.2, 0.25) is 0 Å². The molecule has 2 aliphatic rings. The highest BCUT2D eigenvalue weighted by Gasteiger charge is 2.60. The quantitative estimate of drug-likeness (QED) is 0.175. The number of rotatable bonds is 5. The molecule has 38 heavy (non-hydrogen) atoms. The Morgan fingerprint density at radius 3 is 2.47 bits per heavy atom. The lowest BCUT2D eigenvalue weighted by molar-refractivity contribution is -0.384. The van der Waals surface area contributed by atoms with Crippen molar-refractivity contribution >= 4 is 55.6 Å². The molecule has 3 atom stereocenters. The van der Waals surface area contributed by atoms with E-state index in [0.29, 0.717) is 27.2 Å². The number of anilines is 2. The lowest BCUT2D eigenvalue weighted by atomic mass is 9.90. The molecular formula is C28H20BrN3O6. The van der Waals surface area contributed by atoms with Crippen molar-refractivity contribution in [1.82, 2.24) is 0 Å². The Bertz CT molecular complexity index is 1620. The van der Waals surface area contributed by atoms with Crippen molar-refractivity contribution in [2.45, 2.75) is 12.1 Å². The molecule has 0 aliphatic carbocycles. The first kappa shape index (κ1) is 24.1. The number of nitrogens with zero attached hydrogens (tertiary/aromatic N) is 3. The molecule has 2 fully saturated rings. The fraction of sp³-hybridized carbons (Fsp3) is 0.143. The Labute approximate surface area is 225 Å². The zero-order chi connectivity index (χ0) is 26.6. The zero-order valence-corrected chi connectivity index (χ0v) is 21.6. The van der Waals surface area contributed by atoms with Crippen LogP contribution >= 0.6 is 15.9 Å².